The summed E-state index contributed by atoms with van der Waals surface area (Å²) in [5.41, 5.74) is 6.05. The number of hydrogen-bond donors (Lipinski definition) is 1. The number of nitrogens with one attached hydrogen (secondary N) is 1. The molecular formula is C27H26ClN5OS. The minimum absolute atomic E-state index is 0.121. The Labute approximate surface area is 213 Å². The molecule has 1 atom stereocenters. The molecule has 8 heteroatoms. The van der Waals surface area contributed by atoms with Gasteiger partial charge in [-0.2, -0.15) is 0 Å². The predicted molar refractivity (Wildman–Crippen MR) is 142 cm³/mol. The molecule has 5 rings (SSSR count). The summed E-state index contributed by atoms with van der Waals surface area (Å²) in [6.45, 7) is 8.88. The lowest BCUT2D eigenvalue weighted by Gasteiger charge is -2.21. The summed E-state index contributed by atoms with van der Waals surface area (Å²) >= 11 is 7.96. The number of hydrogen-bond acceptors (Lipinski definition) is 5. The first-order chi connectivity index (χ1) is 16.8. The van der Waals surface area contributed by atoms with E-state index < -0.39 is 6.04 Å². The molecule has 1 aliphatic heterocycles. The molecule has 0 fully saturated rings. The van der Waals surface area contributed by atoms with Crippen molar-refractivity contribution in [3.63, 3.8) is 0 Å². The molecule has 1 aliphatic rings. The number of aryl methyl sites for hydroxylation is 3. The van der Waals surface area contributed by atoms with Crippen LogP contribution in [-0.4, -0.2) is 26.4 Å². The van der Waals surface area contributed by atoms with Crippen LogP contribution in [0.5, 0.6) is 0 Å². The summed E-state index contributed by atoms with van der Waals surface area (Å²) in [6.07, 6.45) is 0.153. The summed E-state index contributed by atoms with van der Waals surface area (Å²) in [5.74, 6) is 1.38. The van der Waals surface area contributed by atoms with E-state index in [1.54, 1.807) is 11.3 Å². The van der Waals surface area contributed by atoms with Crippen LogP contribution >= 0.6 is 22.9 Å². The average Bonchev–Trinajstić information content (AvgIpc) is 3.31. The number of fused-ring (bicyclic) bond motifs is 2. The maximum Gasteiger partial charge on any atom is 0.227 e. The lowest BCUT2D eigenvalue weighted by molar-refractivity contribution is -0.116. The van der Waals surface area contributed by atoms with E-state index in [1.807, 2.05) is 62.4 Å². The fourth-order valence-electron chi connectivity index (χ4n) is 4.37. The number of aliphatic imine (C=N–C) groups is 1. The summed E-state index contributed by atoms with van der Waals surface area (Å²) in [4.78, 5) is 20.8. The first-order valence-corrected chi connectivity index (χ1v) is 12.7. The molecule has 0 radical (unpaired) electrons. The van der Waals surface area contributed by atoms with Gasteiger partial charge >= 0.3 is 0 Å². The van der Waals surface area contributed by atoms with E-state index in [1.165, 1.54) is 15.3 Å². The summed E-state index contributed by atoms with van der Waals surface area (Å²) in [5, 5.41) is 12.5. The zero-order valence-corrected chi connectivity index (χ0v) is 21.7. The normalized spacial score (nSPS) is 16.5. The summed E-state index contributed by atoms with van der Waals surface area (Å²) in [7, 11) is 0. The van der Waals surface area contributed by atoms with Crippen molar-refractivity contribution in [2.24, 2.45) is 4.99 Å². The van der Waals surface area contributed by atoms with Gasteiger partial charge in [-0.25, -0.2) is 0 Å². The number of carbonyl (C=O) groups is 1. The zero-order chi connectivity index (χ0) is 24.7. The van der Waals surface area contributed by atoms with Gasteiger partial charge in [-0.1, -0.05) is 41.4 Å². The van der Waals surface area contributed by atoms with Gasteiger partial charge in [0.15, 0.2) is 5.82 Å². The van der Waals surface area contributed by atoms with Crippen molar-refractivity contribution in [1.29, 1.82) is 0 Å². The molecule has 0 aliphatic carbocycles. The summed E-state index contributed by atoms with van der Waals surface area (Å²) in [6, 6.07) is 15.0. The maximum absolute atomic E-state index is 13.1. The van der Waals surface area contributed by atoms with Crippen LogP contribution in [0.4, 0.5) is 5.69 Å². The van der Waals surface area contributed by atoms with E-state index in [2.05, 4.69) is 33.9 Å². The summed E-state index contributed by atoms with van der Waals surface area (Å²) < 4.78 is 2.08. The maximum atomic E-state index is 13.1. The van der Waals surface area contributed by atoms with Crippen molar-refractivity contribution in [3.05, 3.63) is 97.2 Å². The largest absolute Gasteiger partial charge is 0.326 e. The molecule has 35 heavy (non-hydrogen) atoms. The van der Waals surface area contributed by atoms with Crippen LogP contribution in [0, 0.1) is 27.7 Å². The molecule has 6 nitrogen and oxygen atoms in total. The van der Waals surface area contributed by atoms with E-state index in [0.29, 0.717) is 17.4 Å². The van der Waals surface area contributed by atoms with Gasteiger partial charge in [-0.3, -0.25) is 9.79 Å². The third-order valence-electron chi connectivity index (χ3n) is 6.38. The zero-order valence-electron chi connectivity index (χ0n) is 20.1. The second-order valence-corrected chi connectivity index (χ2v) is 10.6. The van der Waals surface area contributed by atoms with E-state index in [9.17, 15) is 4.79 Å². The fourth-order valence-corrected chi connectivity index (χ4v) is 5.66. The standard InChI is InChI=1S/C27H26ClN5OS/c1-15-5-11-21(12-6-15)29-24(34)13-22-27-32-31-18(4)33(27)14-23-25(16(2)17(3)35-23)26(30-22)19-7-9-20(28)10-8-19/h5-12,22H,13-14H2,1-4H3,(H,29,34)/b30-26-. The van der Waals surface area contributed by atoms with Crippen LogP contribution in [0.15, 0.2) is 53.5 Å². The number of rotatable bonds is 4. The van der Waals surface area contributed by atoms with Crippen molar-refractivity contribution in [1.82, 2.24) is 14.8 Å². The second-order valence-electron chi connectivity index (χ2n) is 8.89. The Morgan fingerprint density at radius 3 is 2.49 bits per heavy atom. The average molecular weight is 504 g/mol. The Balaban J connectivity index is 1.61. The van der Waals surface area contributed by atoms with E-state index >= 15 is 0 Å². The van der Waals surface area contributed by atoms with Gasteiger partial charge in [-0.05, 0) is 57.5 Å². The Kier molecular flexibility index (Phi) is 6.30. The Morgan fingerprint density at radius 2 is 1.77 bits per heavy atom. The fraction of sp³-hybridized carbons (Fsp3) is 0.259. The first-order valence-electron chi connectivity index (χ1n) is 11.5. The molecule has 2 aromatic carbocycles. The molecule has 1 unspecified atom stereocenters. The smallest absolute Gasteiger partial charge is 0.227 e. The quantitative estimate of drug-likeness (QED) is 0.360. The van der Waals surface area contributed by atoms with Crippen LogP contribution in [0.3, 0.4) is 0 Å². The predicted octanol–water partition coefficient (Wildman–Crippen LogP) is 6.20. The minimum Gasteiger partial charge on any atom is -0.326 e. The van der Waals surface area contributed by atoms with Crippen LogP contribution in [0.2, 0.25) is 5.02 Å². The van der Waals surface area contributed by atoms with Gasteiger partial charge in [-0.15, -0.1) is 21.5 Å². The number of anilines is 1. The topological polar surface area (TPSA) is 72.2 Å². The molecule has 2 aromatic heterocycles. The molecule has 3 heterocycles. The van der Waals surface area contributed by atoms with Gasteiger partial charge in [0, 0.05) is 31.6 Å². The van der Waals surface area contributed by atoms with Gasteiger partial charge in [0.25, 0.3) is 0 Å². The second kappa shape index (κ2) is 9.40. The van der Waals surface area contributed by atoms with Crippen molar-refractivity contribution in [2.75, 3.05) is 5.32 Å². The third kappa shape index (κ3) is 4.66. The molecule has 4 aromatic rings. The van der Waals surface area contributed by atoms with Crippen LogP contribution in [0.1, 0.15) is 56.1 Å². The molecule has 0 bridgehead atoms. The van der Waals surface area contributed by atoms with Crippen molar-refractivity contribution >= 4 is 40.2 Å². The number of aromatic nitrogens is 3. The third-order valence-corrected chi connectivity index (χ3v) is 7.82. The van der Waals surface area contributed by atoms with Gasteiger partial charge in [0.2, 0.25) is 5.91 Å². The molecule has 1 N–H and O–H groups in total. The van der Waals surface area contributed by atoms with E-state index in [-0.39, 0.29) is 12.3 Å². The molecular weight excluding hydrogens is 478 g/mol. The molecule has 0 saturated heterocycles. The Bertz CT molecular complexity index is 1430. The van der Waals surface area contributed by atoms with Crippen LogP contribution < -0.4 is 5.32 Å². The number of halogens is 1. The lowest BCUT2D eigenvalue weighted by Crippen LogP contribution is -2.22. The number of carbonyl (C=O) groups excluding carboxylic acids is 1. The van der Waals surface area contributed by atoms with Crippen LogP contribution in [0.25, 0.3) is 0 Å². The highest BCUT2D eigenvalue weighted by atomic mass is 35.5. The van der Waals surface area contributed by atoms with Gasteiger partial charge < -0.3 is 9.88 Å². The number of thiophene rings is 1. The number of amides is 1. The highest BCUT2D eigenvalue weighted by Gasteiger charge is 2.29. The first kappa shape index (κ1) is 23.5. The minimum atomic E-state index is -0.486. The van der Waals surface area contributed by atoms with E-state index in [4.69, 9.17) is 16.6 Å². The highest BCUT2D eigenvalue weighted by molar-refractivity contribution is 7.12. The molecule has 1 amide bonds. The molecule has 178 valence electrons. The SMILES string of the molecule is Cc1ccc(NC(=O)CC2/N=C(/c3ccc(Cl)cc3)c3c(sc(C)c3C)Cn3c(C)nnc32)cc1. The molecule has 0 spiro atoms. The monoisotopic (exact) mass is 503 g/mol. The van der Waals surface area contributed by atoms with Crippen LogP contribution in [-0.2, 0) is 11.3 Å². The Hall–Kier alpha value is -3.29. The van der Waals surface area contributed by atoms with Crippen molar-refractivity contribution in [2.45, 2.75) is 46.7 Å². The number of nitrogens with zero attached hydrogens (tertiary/aromatic N) is 4. The molecule has 0 saturated carbocycles. The van der Waals surface area contributed by atoms with E-state index in [0.717, 1.165) is 33.9 Å². The van der Waals surface area contributed by atoms with Gasteiger partial charge in [0.1, 0.15) is 11.9 Å². The van der Waals surface area contributed by atoms with Gasteiger partial charge in [0.05, 0.1) is 18.7 Å². The lowest BCUT2D eigenvalue weighted by atomic mass is 9.96. The Morgan fingerprint density at radius 1 is 1.06 bits per heavy atom. The van der Waals surface area contributed by atoms with Crippen molar-refractivity contribution in [3.8, 4) is 0 Å². The highest BCUT2D eigenvalue weighted by Crippen LogP contribution is 2.36. The number of benzene rings is 2. The van der Waals surface area contributed by atoms with Crippen molar-refractivity contribution < 1.29 is 4.79 Å².